The fourth-order valence-corrected chi connectivity index (χ4v) is 2.56. The smallest absolute Gasteiger partial charge is 0.175 e. The zero-order chi connectivity index (χ0) is 14.7. The topological polar surface area (TPSA) is 55.6 Å². The molecular weight excluding hydrogens is 330 g/mol. The van der Waals surface area contributed by atoms with Crippen LogP contribution >= 0.6 is 15.9 Å². The maximum atomic E-state index is 4.08. The Labute approximate surface area is 131 Å². The van der Waals surface area contributed by atoms with Crippen LogP contribution in [-0.4, -0.2) is 20.2 Å². The molecule has 3 aromatic rings. The van der Waals surface area contributed by atoms with E-state index in [4.69, 9.17) is 0 Å². The molecule has 0 spiro atoms. The van der Waals surface area contributed by atoms with Crippen LogP contribution in [0, 0.1) is 6.92 Å². The van der Waals surface area contributed by atoms with Crippen molar-refractivity contribution in [3.05, 3.63) is 64.4 Å². The highest BCUT2D eigenvalue weighted by Gasteiger charge is 2.08. The summed E-state index contributed by atoms with van der Waals surface area (Å²) in [6, 6.07) is 16.0. The van der Waals surface area contributed by atoms with Crippen molar-refractivity contribution in [3.63, 3.8) is 0 Å². The molecule has 0 radical (unpaired) electrons. The second kappa shape index (κ2) is 6.05. The normalized spacial score (nSPS) is 10.6. The number of nitrogens with zero attached hydrogens (tertiary/aromatic N) is 4. The second-order valence-corrected chi connectivity index (χ2v) is 5.57. The molecule has 1 heterocycles. The number of tetrazole rings is 1. The van der Waals surface area contributed by atoms with Crippen LogP contribution < -0.4 is 5.32 Å². The summed E-state index contributed by atoms with van der Waals surface area (Å²) >= 11 is 3.46. The summed E-state index contributed by atoms with van der Waals surface area (Å²) < 4.78 is 2.81. The van der Waals surface area contributed by atoms with Crippen molar-refractivity contribution in [2.75, 3.05) is 5.32 Å². The third-order valence-corrected chi connectivity index (χ3v) is 3.65. The average molecular weight is 344 g/mol. The van der Waals surface area contributed by atoms with Crippen molar-refractivity contribution in [2.24, 2.45) is 0 Å². The Kier molecular flexibility index (Phi) is 3.96. The van der Waals surface area contributed by atoms with Gasteiger partial charge in [0.15, 0.2) is 5.82 Å². The van der Waals surface area contributed by atoms with E-state index >= 15 is 0 Å². The molecule has 2 aromatic carbocycles. The largest absolute Gasteiger partial charge is 0.377 e. The van der Waals surface area contributed by atoms with Crippen LogP contribution in [0.3, 0.4) is 0 Å². The molecule has 0 aliphatic carbocycles. The molecule has 1 aromatic heterocycles. The van der Waals surface area contributed by atoms with Gasteiger partial charge in [0.25, 0.3) is 0 Å². The Morgan fingerprint density at radius 3 is 2.71 bits per heavy atom. The number of hydrogen-bond donors (Lipinski definition) is 1. The molecule has 0 bridgehead atoms. The first-order chi connectivity index (χ1) is 10.2. The van der Waals surface area contributed by atoms with Gasteiger partial charge >= 0.3 is 0 Å². The zero-order valence-corrected chi connectivity index (χ0v) is 13.1. The maximum Gasteiger partial charge on any atom is 0.175 e. The van der Waals surface area contributed by atoms with E-state index in [9.17, 15) is 0 Å². The SMILES string of the molecule is Cc1cc(Br)ccc1NCc1nnnn1-c1ccccc1. The van der Waals surface area contributed by atoms with Crippen molar-refractivity contribution in [1.82, 2.24) is 20.2 Å². The highest BCUT2D eigenvalue weighted by atomic mass is 79.9. The van der Waals surface area contributed by atoms with E-state index in [1.165, 1.54) is 5.56 Å². The minimum absolute atomic E-state index is 0.560. The first-order valence-corrected chi connectivity index (χ1v) is 7.36. The van der Waals surface area contributed by atoms with Crippen molar-refractivity contribution in [3.8, 4) is 5.69 Å². The zero-order valence-electron chi connectivity index (χ0n) is 11.5. The Balaban J connectivity index is 1.79. The van der Waals surface area contributed by atoms with Crippen molar-refractivity contribution in [2.45, 2.75) is 13.5 Å². The van der Waals surface area contributed by atoms with Gasteiger partial charge in [-0.05, 0) is 53.2 Å². The maximum absolute atomic E-state index is 4.08. The molecule has 0 atom stereocenters. The molecule has 0 aliphatic rings. The van der Waals surface area contributed by atoms with E-state index in [1.54, 1.807) is 4.68 Å². The van der Waals surface area contributed by atoms with Gasteiger partial charge in [-0.25, -0.2) is 0 Å². The molecule has 0 unspecified atom stereocenters. The van der Waals surface area contributed by atoms with Gasteiger partial charge in [-0.1, -0.05) is 34.1 Å². The molecule has 0 fully saturated rings. The van der Waals surface area contributed by atoms with Gasteiger partial charge in [0, 0.05) is 10.2 Å². The summed E-state index contributed by atoms with van der Waals surface area (Å²) in [5.41, 5.74) is 3.19. The summed E-state index contributed by atoms with van der Waals surface area (Å²) in [4.78, 5) is 0. The van der Waals surface area contributed by atoms with Gasteiger partial charge in [-0.15, -0.1) is 5.10 Å². The van der Waals surface area contributed by atoms with E-state index < -0.39 is 0 Å². The van der Waals surface area contributed by atoms with E-state index in [1.807, 2.05) is 42.5 Å². The van der Waals surface area contributed by atoms with Crippen molar-refractivity contribution >= 4 is 21.6 Å². The number of para-hydroxylation sites is 1. The van der Waals surface area contributed by atoms with Gasteiger partial charge < -0.3 is 5.32 Å². The summed E-state index contributed by atoms with van der Waals surface area (Å²) in [6.45, 7) is 2.62. The van der Waals surface area contributed by atoms with Crippen LogP contribution in [0.2, 0.25) is 0 Å². The predicted octanol–water partition coefficient (Wildman–Crippen LogP) is 3.35. The number of rotatable bonds is 4. The van der Waals surface area contributed by atoms with E-state index in [2.05, 4.69) is 49.8 Å². The Hall–Kier alpha value is -2.21. The molecule has 21 heavy (non-hydrogen) atoms. The fraction of sp³-hybridized carbons (Fsp3) is 0.133. The molecule has 0 saturated heterocycles. The number of aryl methyl sites for hydroxylation is 1. The summed E-state index contributed by atoms with van der Waals surface area (Å²) in [6.07, 6.45) is 0. The molecule has 5 nitrogen and oxygen atoms in total. The molecule has 3 rings (SSSR count). The Bertz CT molecular complexity index is 739. The van der Waals surface area contributed by atoms with Gasteiger partial charge in [-0.2, -0.15) is 4.68 Å². The molecule has 1 N–H and O–H groups in total. The van der Waals surface area contributed by atoms with Gasteiger partial charge in [-0.3, -0.25) is 0 Å². The quantitative estimate of drug-likeness (QED) is 0.789. The Morgan fingerprint density at radius 2 is 1.95 bits per heavy atom. The average Bonchev–Trinajstić information content (AvgIpc) is 2.96. The van der Waals surface area contributed by atoms with Crippen LogP contribution in [-0.2, 0) is 6.54 Å². The highest BCUT2D eigenvalue weighted by Crippen LogP contribution is 2.20. The predicted molar refractivity (Wildman–Crippen MR) is 85.4 cm³/mol. The number of aromatic nitrogens is 4. The van der Waals surface area contributed by atoms with Gasteiger partial charge in [0.2, 0.25) is 0 Å². The lowest BCUT2D eigenvalue weighted by Crippen LogP contribution is -2.09. The molecule has 0 aliphatic heterocycles. The molecule has 6 heteroatoms. The third kappa shape index (κ3) is 3.11. The second-order valence-electron chi connectivity index (χ2n) is 4.66. The van der Waals surface area contributed by atoms with Crippen LogP contribution in [0.15, 0.2) is 53.0 Å². The summed E-state index contributed by atoms with van der Waals surface area (Å²) in [5.74, 6) is 0.767. The van der Waals surface area contributed by atoms with Crippen LogP contribution in [0.1, 0.15) is 11.4 Å². The van der Waals surface area contributed by atoms with Crippen molar-refractivity contribution < 1.29 is 0 Å². The fourth-order valence-electron chi connectivity index (χ4n) is 2.09. The Morgan fingerprint density at radius 1 is 1.14 bits per heavy atom. The minimum atomic E-state index is 0.560. The lowest BCUT2D eigenvalue weighted by Gasteiger charge is -2.10. The van der Waals surface area contributed by atoms with Gasteiger partial charge in [0.05, 0.1) is 12.2 Å². The van der Waals surface area contributed by atoms with E-state index in [0.29, 0.717) is 6.54 Å². The first kappa shape index (κ1) is 13.8. The van der Waals surface area contributed by atoms with Crippen molar-refractivity contribution in [1.29, 1.82) is 0 Å². The van der Waals surface area contributed by atoms with Gasteiger partial charge in [0.1, 0.15) is 0 Å². The number of hydrogen-bond acceptors (Lipinski definition) is 4. The number of nitrogens with one attached hydrogen (secondary N) is 1. The molecule has 106 valence electrons. The number of halogens is 1. The lowest BCUT2D eigenvalue weighted by molar-refractivity contribution is 0.768. The monoisotopic (exact) mass is 343 g/mol. The lowest BCUT2D eigenvalue weighted by atomic mass is 10.2. The third-order valence-electron chi connectivity index (χ3n) is 3.16. The molecular formula is C15H14BrN5. The minimum Gasteiger partial charge on any atom is -0.377 e. The van der Waals surface area contributed by atoms with Crippen LogP contribution in [0.4, 0.5) is 5.69 Å². The van der Waals surface area contributed by atoms with Crippen LogP contribution in [0.5, 0.6) is 0 Å². The number of benzene rings is 2. The molecule has 0 amide bonds. The van der Waals surface area contributed by atoms with Crippen LogP contribution in [0.25, 0.3) is 5.69 Å². The number of anilines is 1. The first-order valence-electron chi connectivity index (χ1n) is 6.57. The summed E-state index contributed by atoms with van der Waals surface area (Å²) in [7, 11) is 0. The summed E-state index contributed by atoms with van der Waals surface area (Å²) in [5, 5.41) is 15.3. The standard InChI is InChI=1S/C15H14BrN5/c1-11-9-12(16)7-8-14(11)17-10-15-18-19-20-21(15)13-5-3-2-4-6-13/h2-9,17H,10H2,1H3. The van der Waals surface area contributed by atoms with E-state index in [0.717, 1.165) is 21.7 Å². The highest BCUT2D eigenvalue weighted by molar-refractivity contribution is 9.10. The van der Waals surface area contributed by atoms with E-state index in [-0.39, 0.29) is 0 Å². The molecule has 0 saturated carbocycles.